The lowest BCUT2D eigenvalue weighted by Crippen LogP contribution is -2.60. The Hall–Kier alpha value is -2.24. The highest BCUT2D eigenvalue weighted by molar-refractivity contribution is 7.86. The Morgan fingerprint density at radius 2 is 2.13 bits per heavy atom. The molecule has 11 heteroatoms. The van der Waals surface area contributed by atoms with Crippen molar-refractivity contribution >= 4 is 33.5 Å². The molecule has 2 aromatic heterocycles. The van der Waals surface area contributed by atoms with Gasteiger partial charge in [0, 0.05) is 52.0 Å². The van der Waals surface area contributed by atoms with Gasteiger partial charge in [-0.25, -0.2) is 9.97 Å². The molecule has 1 saturated carbocycles. The van der Waals surface area contributed by atoms with E-state index in [9.17, 15) is 13.2 Å². The number of anilines is 1. The lowest BCUT2D eigenvalue weighted by atomic mass is 10.2. The van der Waals surface area contributed by atoms with Crippen molar-refractivity contribution in [1.82, 2.24) is 28.5 Å². The number of amides is 1. The Morgan fingerprint density at radius 1 is 1.30 bits per heavy atom. The molecule has 2 aromatic rings. The minimum Gasteiger partial charge on any atom is -0.353 e. The van der Waals surface area contributed by atoms with Crippen LogP contribution in [-0.4, -0.2) is 94.6 Å². The summed E-state index contributed by atoms with van der Waals surface area (Å²) in [5, 5.41) is 0.955. The fraction of sp³-hybridized carbons (Fsp3) is 0.632. The zero-order valence-electron chi connectivity index (χ0n) is 17.1. The average molecular weight is 434 g/mol. The van der Waals surface area contributed by atoms with E-state index in [1.807, 2.05) is 12.3 Å². The Balaban J connectivity index is 1.34. The van der Waals surface area contributed by atoms with Gasteiger partial charge in [0.2, 0.25) is 6.41 Å². The first-order valence-corrected chi connectivity index (χ1v) is 11.8. The highest BCUT2D eigenvalue weighted by Crippen LogP contribution is 2.47. The SMILES string of the molecule is CN(C[C@@H]1CCCN1C=O)S(=O)(=O)N1CCN(c2ncnc3[nH]ccc23)CC12CC2. The fourth-order valence-electron chi connectivity index (χ4n) is 4.92. The molecule has 0 radical (unpaired) electrons. The lowest BCUT2D eigenvalue weighted by molar-refractivity contribution is -0.118. The summed E-state index contributed by atoms with van der Waals surface area (Å²) in [6, 6.07) is 1.92. The maximum absolute atomic E-state index is 13.4. The van der Waals surface area contributed by atoms with Gasteiger partial charge in [-0.05, 0) is 31.7 Å². The van der Waals surface area contributed by atoms with Crippen molar-refractivity contribution in [1.29, 1.82) is 0 Å². The van der Waals surface area contributed by atoms with Crippen LogP contribution in [0.3, 0.4) is 0 Å². The van der Waals surface area contributed by atoms with Crippen molar-refractivity contribution in [3.05, 3.63) is 18.6 Å². The molecule has 3 fully saturated rings. The molecule has 0 unspecified atom stereocenters. The Kier molecular flexibility index (Phi) is 4.71. The third-order valence-electron chi connectivity index (χ3n) is 6.75. The number of nitrogens with one attached hydrogen (secondary N) is 1. The highest BCUT2D eigenvalue weighted by Gasteiger charge is 2.57. The van der Waals surface area contributed by atoms with Gasteiger partial charge >= 0.3 is 0 Å². The van der Waals surface area contributed by atoms with Crippen molar-refractivity contribution in [3.8, 4) is 0 Å². The van der Waals surface area contributed by atoms with Crippen molar-refractivity contribution in [2.45, 2.75) is 37.3 Å². The van der Waals surface area contributed by atoms with E-state index >= 15 is 0 Å². The number of piperazine rings is 1. The maximum Gasteiger partial charge on any atom is 0.282 e. The molecule has 162 valence electrons. The molecule has 0 bridgehead atoms. The number of hydrogen-bond donors (Lipinski definition) is 1. The number of carbonyl (C=O) groups excluding carboxylic acids is 1. The number of fused-ring (bicyclic) bond motifs is 1. The summed E-state index contributed by atoms with van der Waals surface area (Å²) in [4.78, 5) is 27.0. The van der Waals surface area contributed by atoms with Crippen molar-refractivity contribution in [2.75, 3.05) is 44.7 Å². The van der Waals surface area contributed by atoms with Crippen LogP contribution >= 0.6 is 0 Å². The molecule has 5 rings (SSSR count). The summed E-state index contributed by atoms with van der Waals surface area (Å²) in [7, 11) is -1.97. The van der Waals surface area contributed by atoms with Gasteiger partial charge in [0.05, 0.1) is 10.9 Å². The number of aromatic amines is 1. The second-order valence-corrected chi connectivity index (χ2v) is 10.5. The van der Waals surface area contributed by atoms with E-state index < -0.39 is 10.2 Å². The quantitative estimate of drug-likeness (QED) is 0.662. The van der Waals surface area contributed by atoms with Gasteiger partial charge in [0.25, 0.3) is 10.2 Å². The van der Waals surface area contributed by atoms with E-state index in [2.05, 4.69) is 19.9 Å². The van der Waals surface area contributed by atoms with Crippen molar-refractivity contribution < 1.29 is 13.2 Å². The van der Waals surface area contributed by atoms with Crippen LogP contribution in [0.1, 0.15) is 25.7 Å². The summed E-state index contributed by atoms with van der Waals surface area (Å²) < 4.78 is 30.0. The number of H-pyrrole nitrogens is 1. The topological polar surface area (TPSA) is 106 Å². The summed E-state index contributed by atoms with van der Waals surface area (Å²) in [5.74, 6) is 0.852. The molecule has 2 aliphatic heterocycles. The third-order valence-corrected chi connectivity index (χ3v) is 8.81. The van der Waals surface area contributed by atoms with E-state index in [4.69, 9.17) is 0 Å². The first-order chi connectivity index (χ1) is 14.4. The van der Waals surface area contributed by atoms with E-state index in [0.29, 0.717) is 32.7 Å². The average Bonchev–Trinajstić information content (AvgIpc) is 3.15. The zero-order chi connectivity index (χ0) is 20.9. The normalized spacial score (nSPS) is 24.3. The standard InChI is InChI=1S/C19H27N7O3S/c1-23(11-15-3-2-8-25(15)14-27)30(28,29)26-10-9-24(12-19(26)5-6-19)18-16-4-7-20-17(16)21-13-22-18/h4,7,13-15H,2-3,5-6,8-12H2,1H3,(H,20,21,22)/t15-/m0/s1. The van der Waals surface area contributed by atoms with Crippen LogP contribution in [0.15, 0.2) is 18.6 Å². The largest absolute Gasteiger partial charge is 0.353 e. The molecule has 30 heavy (non-hydrogen) atoms. The number of likely N-dealkylation sites (N-methyl/N-ethyl adjacent to an activating group) is 1. The van der Waals surface area contributed by atoms with Gasteiger partial charge in [-0.15, -0.1) is 0 Å². The number of aromatic nitrogens is 3. The minimum atomic E-state index is -3.61. The summed E-state index contributed by atoms with van der Waals surface area (Å²) in [5.41, 5.74) is 0.412. The van der Waals surface area contributed by atoms with Gasteiger partial charge in [-0.2, -0.15) is 17.0 Å². The van der Waals surface area contributed by atoms with E-state index in [0.717, 1.165) is 48.9 Å². The van der Waals surface area contributed by atoms with Gasteiger partial charge in [-0.3, -0.25) is 4.79 Å². The molecule has 1 N–H and O–H groups in total. The Morgan fingerprint density at radius 3 is 2.90 bits per heavy atom. The molecule has 1 amide bonds. The van der Waals surface area contributed by atoms with Crippen LogP contribution in [0.25, 0.3) is 11.0 Å². The van der Waals surface area contributed by atoms with Crippen LogP contribution in [0.4, 0.5) is 5.82 Å². The van der Waals surface area contributed by atoms with Crippen LogP contribution in [0.5, 0.6) is 0 Å². The number of rotatable bonds is 6. The second kappa shape index (κ2) is 7.17. The smallest absolute Gasteiger partial charge is 0.282 e. The third kappa shape index (κ3) is 3.15. The number of carbonyl (C=O) groups is 1. The van der Waals surface area contributed by atoms with E-state index in [-0.39, 0.29) is 11.6 Å². The lowest BCUT2D eigenvalue weighted by Gasteiger charge is -2.43. The van der Waals surface area contributed by atoms with Crippen LogP contribution in [0.2, 0.25) is 0 Å². The first kappa shape index (κ1) is 19.7. The van der Waals surface area contributed by atoms with E-state index in [1.165, 1.54) is 4.31 Å². The Bertz CT molecular complexity index is 1050. The first-order valence-electron chi connectivity index (χ1n) is 10.4. The zero-order valence-corrected chi connectivity index (χ0v) is 17.9. The molecule has 1 spiro atoms. The van der Waals surface area contributed by atoms with Gasteiger partial charge in [0.15, 0.2) is 0 Å². The number of nitrogens with zero attached hydrogens (tertiary/aromatic N) is 6. The van der Waals surface area contributed by atoms with Crippen LogP contribution < -0.4 is 4.90 Å². The van der Waals surface area contributed by atoms with Gasteiger partial charge < -0.3 is 14.8 Å². The van der Waals surface area contributed by atoms with Gasteiger partial charge in [0.1, 0.15) is 17.8 Å². The molecule has 2 saturated heterocycles. The molecule has 1 aliphatic carbocycles. The molecule has 10 nitrogen and oxygen atoms in total. The summed E-state index contributed by atoms with van der Waals surface area (Å²) in [6.45, 7) is 2.67. The maximum atomic E-state index is 13.4. The molecular weight excluding hydrogens is 406 g/mol. The van der Waals surface area contributed by atoms with Crippen LogP contribution in [0, 0.1) is 0 Å². The predicted octanol–water partition coefficient (Wildman–Crippen LogP) is 0.410. The van der Waals surface area contributed by atoms with Crippen molar-refractivity contribution in [3.63, 3.8) is 0 Å². The second-order valence-electron chi connectivity index (χ2n) is 8.58. The van der Waals surface area contributed by atoms with Crippen molar-refractivity contribution in [2.24, 2.45) is 0 Å². The molecular formula is C19H27N7O3S. The van der Waals surface area contributed by atoms with E-state index in [1.54, 1.807) is 22.6 Å². The summed E-state index contributed by atoms with van der Waals surface area (Å²) >= 11 is 0. The monoisotopic (exact) mass is 433 g/mol. The Labute approximate surface area is 176 Å². The minimum absolute atomic E-state index is 0.0402. The highest BCUT2D eigenvalue weighted by atomic mass is 32.2. The van der Waals surface area contributed by atoms with Crippen LogP contribution in [-0.2, 0) is 15.0 Å². The molecule has 3 aliphatic rings. The van der Waals surface area contributed by atoms with Gasteiger partial charge in [-0.1, -0.05) is 0 Å². The molecule has 1 atom stereocenters. The number of likely N-dealkylation sites (tertiary alicyclic amines) is 1. The predicted molar refractivity (Wildman–Crippen MR) is 112 cm³/mol. The summed E-state index contributed by atoms with van der Waals surface area (Å²) in [6.07, 6.45) is 7.69. The molecule has 0 aromatic carbocycles. The fourth-order valence-corrected chi connectivity index (χ4v) is 6.66. The number of hydrogen-bond acceptors (Lipinski definition) is 6. The molecule has 4 heterocycles.